The van der Waals surface area contributed by atoms with Gasteiger partial charge in [0, 0.05) is 32.6 Å². The number of nitrogens with one attached hydrogen (secondary N) is 1. The second-order valence-corrected chi connectivity index (χ2v) is 7.84. The second kappa shape index (κ2) is 8.87. The number of nitriles is 1. The molecule has 1 aliphatic heterocycles. The van der Waals surface area contributed by atoms with E-state index in [1.165, 1.54) is 0 Å². The third-order valence-corrected chi connectivity index (χ3v) is 4.33. The van der Waals surface area contributed by atoms with Gasteiger partial charge in [0.15, 0.2) is 0 Å². The fourth-order valence-corrected chi connectivity index (χ4v) is 2.85. The van der Waals surface area contributed by atoms with Crippen LogP contribution in [-0.4, -0.2) is 66.7 Å². The van der Waals surface area contributed by atoms with Gasteiger partial charge in [0.25, 0.3) is 0 Å². The molecule has 1 N–H and O–H groups in total. The van der Waals surface area contributed by atoms with E-state index in [2.05, 4.69) is 16.3 Å². The van der Waals surface area contributed by atoms with Gasteiger partial charge in [-0.05, 0) is 45.5 Å². The van der Waals surface area contributed by atoms with Crippen LogP contribution in [0, 0.1) is 11.3 Å². The van der Waals surface area contributed by atoms with Crippen molar-refractivity contribution < 1.29 is 14.3 Å². The molecular weight excluding hydrogens is 344 g/mol. The fraction of sp³-hybridized carbons (Fsp3) is 0.550. The highest BCUT2D eigenvalue weighted by Gasteiger charge is 2.29. The monoisotopic (exact) mass is 372 g/mol. The summed E-state index contributed by atoms with van der Waals surface area (Å²) in [6.45, 7) is 8.23. The van der Waals surface area contributed by atoms with E-state index in [1.807, 2.05) is 7.05 Å². The summed E-state index contributed by atoms with van der Waals surface area (Å²) in [5.74, 6) is -0.113. The Morgan fingerprint density at radius 3 is 2.30 bits per heavy atom. The molecule has 0 bridgehead atoms. The molecule has 146 valence electrons. The highest BCUT2D eigenvalue weighted by Crippen LogP contribution is 2.12. The molecule has 7 nitrogen and oxygen atoms in total. The molecule has 0 aromatic heterocycles. The van der Waals surface area contributed by atoms with Gasteiger partial charge in [0.1, 0.15) is 11.6 Å². The van der Waals surface area contributed by atoms with Crippen molar-refractivity contribution >= 4 is 12.0 Å². The average molecular weight is 372 g/mol. The first-order chi connectivity index (χ1) is 12.7. The molecule has 1 aromatic rings. The number of amides is 2. The predicted octanol–water partition coefficient (Wildman–Crippen LogP) is 1.77. The van der Waals surface area contributed by atoms with Crippen molar-refractivity contribution in [3.63, 3.8) is 0 Å². The van der Waals surface area contributed by atoms with Crippen LogP contribution in [0.2, 0.25) is 0 Å². The van der Waals surface area contributed by atoms with E-state index in [9.17, 15) is 9.59 Å². The first-order valence-electron chi connectivity index (χ1n) is 9.14. The number of rotatable bonds is 4. The normalized spacial score (nSPS) is 16.3. The lowest BCUT2D eigenvalue weighted by Crippen LogP contribution is -2.55. The molecule has 0 aliphatic carbocycles. The Morgan fingerprint density at radius 2 is 1.78 bits per heavy atom. The molecule has 0 radical (unpaired) electrons. The van der Waals surface area contributed by atoms with Crippen LogP contribution in [0.15, 0.2) is 24.3 Å². The molecule has 0 spiro atoms. The lowest BCUT2D eigenvalue weighted by Gasteiger charge is -2.35. The largest absolute Gasteiger partial charge is 0.444 e. The van der Waals surface area contributed by atoms with E-state index in [4.69, 9.17) is 10.00 Å². The maximum atomic E-state index is 13.0. The van der Waals surface area contributed by atoms with Crippen molar-refractivity contribution in [2.75, 3.05) is 33.2 Å². The summed E-state index contributed by atoms with van der Waals surface area (Å²) in [7, 11) is 2.02. The molecule has 0 saturated carbocycles. The second-order valence-electron chi connectivity index (χ2n) is 7.84. The number of nitrogens with zero attached hydrogens (tertiary/aromatic N) is 3. The number of carbonyl (C=O) groups is 2. The summed E-state index contributed by atoms with van der Waals surface area (Å²) in [6, 6.07) is 8.39. The summed E-state index contributed by atoms with van der Waals surface area (Å²) >= 11 is 0. The SMILES string of the molecule is CN1CCN(C(=O)[C@@H](Cc2ccc(C#N)cc2)NC(=O)OC(C)(C)C)CC1. The van der Waals surface area contributed by atoms with E-state index < -0.39 is 17.7 Å². The van der Waals surface area contributed by atoms with Crippen LogP contribution in [0.3, 0.4) is 0 Å². The number of carbonyl (C=O) groups excluding carboxylic acids is 2. The third kappa shape index (κ3) is 6.57. The van der Waals surface area contributed by atoms with Gasteiger partial charge in [-0.2, -0.15) is 5.26 Å². The summed E-state index contributed by atoms with van der Waals surface area (Å²) < 4.78 is 5.32. The summed E-state index contributed by atoms with van der Waals surface area (Å²) in [6.07, 6.45) is -0.264. The van der Waals surface area contributed by atoms with Gasteiger partial charge < -0.3 is 19.9 Å². The van der Waals surface area contributed by atoms with Gasteiger partial charge in [-0.1, -0.05) is 12.1 Å². The first-order valence-corrected chi connectivity index (χ1v) is 9.14. The van der Waals surface area contributed by atoms with E-state index >= 15 is 0 Å². The van der Waals surface area contributed by atoms with Crippen molar-refractivity contribution in [1.82, 2.24) is 15.1 Å². The zero-order chi connectivity index (χ0) is 20.0. The lowest BCUT2D eigenvalue weighted by molar-refractivity contribution is -0.135. The molecule has 1 aliphatic rings. The molecule has 7 heteroatoms. The topological polar surface area (TPSA) is 85.7 Å². The average Bonchev–Trinajstić information content (AvgIpc) is 2.60. The first kappa shape index (κ1) is 20.7. The van der Waals surface area contributed by atoms with E-state index in [-0.39, 0.29) is 5.91 Å². The van der Waals surface area contributed by atoms with E-state index in [0.29, 0.717) is 25.1 Å². The zero-order valence-corrected chi connectivity index (χ0v) is 16.5. The maximum absolute atomic E-state index is 13.0. The van der Waals surface area contributed by atoms with Crippen LogP contribution in [0.4, 0.5) is 4.79 Å². The van der Waals surface area contributed by atoms with Crippen LogP contribution in [-0.2, 0) is 16.0 Å². The number of ether oxygens (including phenoxy) is 1. The van der Waals surface area contributed by atoms with E-state index in [0.717, 1.165) is 18.7 Å². The van der Waals surface area contributed by atoms with Gasteiger partial charge >= 0.3 is 6.09 Å². The molecule has 1 heterocycles. The highest BCUT2D eigenvalue weighted by atomic mass is 16.6. The van der Waals surface area contributed by atoms with Crippen molar-refractivity contribution in [2.24, 2.45) is 0 Å². The number of benzene rings is 1. The molecule has 1 saturated heterocycles. The Balaban J connectivity index is 2.12. The number of piperazine rings is 1. The molecule has 1 atom stereocenters. The minimum Gasteiger partial charge on any atom is -0.444 e. The standard InChI is InChI=1S/C20H28N4O3/c1-20(2,3)27-19(26)22-17(13-15-5-7-16(14-21)8-6-15)18(25)24-11-9-23(4)10-12-24/h5-8,17H,9-13H2,1-4H3,(H,22,26)/t17-/m1/s1. The molecule has 1 fully saturated rings. The molecule has 2 rings (SSSR count). The Hall–Kier alpha value is -2.59. The molecule has 1 aromatic carbocycles. The fourth-order valence-electron chi connectivity index (χ4n) is 2.85. The molecule has 0 unspecified atom stereocenters. The van der Waals surface area contributed by atoms with E-state index in [1.54, 1.807) is 49.9 Å². The third-order valence-electron chi connectivity index (χ3n) is 4.33. The Morgan fingerprint density at radius 1 is 1.19 bits per heavy atom. The number of hydrogen-bond donors (Lipinski definition) is 1. The van der Waals surface area contributed by atoms with Gasteiger partial charge in [-0.15, -0.1) is 0 Å². The van der Waals surface area contributed by atoms with Gasteiger partial charge in [0.2, 0.25) is 5.91 Å². The van der Waals surface area contributed by atoms with Gasteiger partial charge in [0.05, 0.1) is 11.6 Å². The minimum atomic E-state index is -0.712. The van der Waals surface area contributed by atoms with Crippen LogP contribution in [0.5, 0.6) is 0 Å². The smallest absolute Gasteiger partial charge is 0.408 e. The van der Waals surface area contributed by atoms with Crippen LogP contribution in [0.25, 0.3) is 0 Å². The summed E-state index contributed by atoms with van der Waals surface area (Å²) in [4.78, 5) is 29.2. The molecular formula is C20H28N4O3. The number of hydrogen-bond acceptors (Lipinski definition) is 5. The Labute approximate surface area is 160 Å². The predicted molar refractivity (Wildman–Crippen MR) is 102 cm³/mol. The van der Waals surface area contributed by atoms with Crippen molar-refractivity contribution in [3.05, 3.63) is 35.4 Å². The Kier molecular flexibility index (Phi) is 6.81. The summed E-state index contributed by atoms with van der Waals surface area (Å²) in [5.41, 5.74) is 0.790. The number of alkyl carbamates (subject to hydrolysis) is 1. The van der Waals surface area contributed by atoms with Crippen molar-refractivity contribution in [2.45, 2.75) is 38.8 Å². The van der Waals surface area contributed by atoms with Crippen LogP contribution < -0.4 is 5.32 Å². The zero-order valence-electron chi connectivity index (χ0n) is 16.5. The van der Waals surface area contributed by atoms with Crippen LogP contribution in [0.1, 0.15) is 31.9 Å². The lowest BCUT2D eigenvalue weighted by atomic mass is 10.0. The maximum Gasteiger partial charge on any atom is 0.408 e. The van der Waals surface area contributed by atoms with Gasteiger partial charge in [-0.25, -0.2) is 4.79 Å². The summed E-state index contributed by atoms with van der Waals surface area (Å²) in [5, 5.41) is 11.7. The Bertz CT molecular complexity index is 695. The molecule has 27 heavy (non-hydrogen) atoms. The van der Waals surface area contributed by atoms with Crippen molar-refractivity contribution in [3.8, 4) is 6.07 Å². The van der Waals surface area contributed by atoms with Crippen LogP contribution >= 0.6 is 0 Å². The highest BCUT2D eigenvalue weighted by molar-refractivity contribution is 5.86. The van der Waals surface area contributed by atoms with Gasteiger partial charge in [-0.3, -0.25) is 4.79 Å². The van der Waals surface area contributed by atoms with Crippen molar-refractivity contribution in [1.29, 1.82) is 5.26 Å². The molecule has 2 amide bonds. The number of likely N-dealkylation sites (N-methyl/N-ethyl adjacent to an activating group) is 1. The minimum absolute atomic E-state index is 0.113. The quantitative estimate of drug-likeness (QED) is 0.871.